The summed E-state index contributed by atoms with van der Waals surface area (Å²) in [6, 6.07) is 8.32. The molecular weight excluding hydrogens is 312 g/mol. The molecule has 0 bridgehead atoms. The summed E-state index contributed by atoms with van der Waals surface area (Å²) in [5.74, 6) is 2.61. The van der Waals surface area contributed by atoms with Crippen LogP contribution in [-0.2, 0) is 0 Å². The third-order valence-electron chi connectivity index (χ3n) is 3.21. The van der Waals surface area contributed by atoms with Gasteiger partial charge in [0.1, 0.15) is 5.75 Å². The van der Waals surface area contributed by atoms with E-state index >= 15 is 0 Å². The largest absolute Gasteiger partial charge is 0.504 e. The van der Waals surface area contributed by atoms with Crippen LogP contribution < -0.4 is 23.7 Å². The van der Waals surface area contributed by atoms with Gasteiger partial charge in [-0.3, -0.25) is 0 Å². The zero-order valence-corrected chi connectivity index (χ0v) is 14.3. The van der Waals surface area contributed by atoms with E-state index < -0.39 is 0 Å². The summed E-state index contributed by atoms with van der Waals surface area (Å²) in [6.45, 7) is 4.84. The Morgan fingerprint density at radius 3 is 2.08 bits per heavy atom. The number of hydrogen-bond donors (Lipinski definition) is 1. The molecule has 0 amide bonds. The van der Waals surface area contributed by atoms with E-state index in [0.29, 0.717) is 36.2 Å². The molecule has 0 saturated carbocycles. The molecule has 6 nitrogen and oxygen atoms in total. The molecule has 1 N–H and O–H groups in total. The third-order valence-corrected chi connectivity index (χ3v) is 3.21. The lowest BCUT2D eigenvalue weighted by molar-refractivity contribution is 0.285. The van der Waals surface area contributed by atoms with Crippen molar-refractivity contribution in [2.45, 2.75) is 13.8 Å². The van der Waals surface area contributed by atoms with Crippen molar-refractivity contribution in [2.75, 3.05) is 27.4 Å². The minimum Gasteiger partial charge on any atom is -0.504 e. The summed E-state index contributed by atoms with van der Waals surface area (Å²) in [7, 11) is 2.97. The van der Waals surface area contributed by atoms with Gasteiger partial charge in [0.05, 0.1) is 27.4 Å². The highest BCUT2D eigenvalue weighted by Crippen LogP contribution is 2.46. The first-order valence-corrected chi connectivity index (χ1v) is 7.66. The molecule has 0 aliphatic rings. The smallest absolute Gasteiger partial charge is 0.214 e. The monoisotopic (exact) mass is 334 g/mol. The van der Waals surface area contributed by atoms with Crippen LogP contribution >= 0.6 is 0 Å². The Labute approximate surface area is 141 Å². The first-order chi connectivity index (χ1) is 11.6. The molecule has 0 aliphatic heterocycles. The first-order valence-electron chi connectivity index (χ1n) is 7.66. The second-order valence-corrected chi connectivity index (χ2v) is 4.73. The number of benzene rings is 2. The maximum absolute atomic E-state index is 9.94. The van der Waals surface area contributed by atoms with Gasteiger partial charge >= 0.3 is 0 Å². The molecule has 0 unspecified atom stereocenters. The van der Waals surface area contributed by atoms with E-state index in [1.165, 1.54) is 20.3 Å². The van der Waals surface area contributed by atoms with Gasteiger partial charge in [0.15, 0.2) is 23.0 Å². The molecule has 0 radical (unpaired) electrons. The van der Waals surface area contributed by atoms with E-state index in [2.05, 4.69) is 0 Å². The number of phenols is 1. The van der Waals surface area contributed by atoms with Crippen molar-refractivity contribution in [3.63, 3.8) is 0 Å². The molecule has 6 heteroatoms. The zero-order valence-electron chi connectivity index (χ0n) is 14.3. The number of hydrogen-bond acceptors (Lipinski definition) is 6. The van der Waals surface area contributed by atoms with Crippen LogP contribution in [0.15, 0.2) is 30.3 Å². The van der Waals surface area contributed by atoms with Crippen molar-refractivity contribution in [1.29, 1.82) is 0 Å². The molecular formula is C18H22O6. The highest BCUT2D eigenvalue weighted by molar-refractivity contribution is 5.60. The SMILES string of the molecule is CCOc1ccc(Oc2c(OC)ccc(O)c2OC)cc1OCC. The highest BCUT2D eigenvalue weighted by atomic mass is 16.5. The minimum atomic E-state index is -0.0377. The predicted octanol–water partition coefficient (Wildman–Crippen LogP) is 4.00. The molecule has 0 saturated heterocycles. The molecule has 0 heterocycles. The van der Waals surface area contributed by atoms with Crippen LogP contribution in [0.5, 0.6) is 40.2 Å². The van der Waals surface area contributed by atoms with Crippen molar-refractivity contribution >= 4 is 0 Å². The van der Waals surface area contributed by atoms with Crippen LogP contribution in [0.3, 0.4) is 0 Å². The Kier molecular flexibility index (Phi) is 6.01. The van der Waals surface area contributed by atoms with Gasteiger partial charge in [0.25, 0.3) is 0 Å². The fourth-order valence-electron chi connectivity index (χ4n) is 2.20. The standard InChI is InChI=1S/C18H22O6/c1-5-22-14-9-7-12(11-16(14)23-6-2)24-18-15(20-3)10-8-13(19)17(18)21-4/h7-11,19H,5-6H2,1-4H3. The normalized spacial score (nSPS) is 10.2. The molecule has 2 aromatic rings. The molecule has 0 spiro atoms. The molecule has 0 fully saturated rings. The van der Waals surface area contributed by atoms with E-state index in [9.17, 15) is 5.11 Å². The van der Waals surface area contributed by atoms with Gasteiger partial charge in [-0.05, 0) is 38.1 Å². The zero-order chi connectivity index (χ0) is 17.5. The molecule has 2 aromatic carbocycles. The molecule has 24 heavy (non-hydrogen) atoms. The van der Waals surface area contributed by atoms with Gasteiger partial charge in [-0.15, -0.1) is 0 Å². The van der Waals surface area contributed by atoms with Crippen LogP contribution in [0.1, 0.15) is 13.8 Å². The number of ether oxygens (including phenoxy) is 5. The van der Waals surface area contributed by atoms with E-state index in [0.717, 1.165) is 0 Å². The number of phenolic OH excluding ortho intramolecular Hbond substituents is 1. The highest BCUT2D eigenvalue weighted by Gasteiger charge is 2.18. The Morgan fingerprint density at radius 2 is 1.46 bits per heavy atom. The van der Waals surface area contributed by atoms with Crippen molar-refractivity contribution in [3.8, 4) is 40.2 Å². The van der Waals surface area contributed by atoms with E-state index in [-0.39, 0.29) is 17.2 Å². The Morgan fingerprint density at radius 1 is 0.792 bits per heavy atom. The Bertz CT molecular complexity index is 683. The van der Waals surface area contributed by atoms with Crippen LogP contribution in [0.25, 0.3) is 0 Å². The maximum atomic E-state index is 9.94. The maximum Gasteiger partial charge on any atom is 0.214 e. The van der Waals surface area contributed by atoms with Gasteiger partial charge in [0.2, 0.25) is 11.5 Å². The summed E-state index contributed by atoms with van der Waals surface area (Å²) in [5, 5.41) is 9.94. The van der Waals surface area contributed by atoms with Crippen LogP contribution in [0, 0.1) is 0 Å². The second-order valence-electron chi connectivity index (χ2n) is 4.73. The predicted molar refractivity (Wildman–Crippen MR) is 90.1 cm³/mol. The lowest BCUT2D eigenvalue weighted by Crippen LogP contribution is -1.99. The van der Waals surface area contributed by atoms with Crippen molar-refractivity contribution in [3.05, 3.63) is 30.3 Å². The fourth-order valence-corrected chi connectivity index (χ4v) is 2.20. The van der Waals surface area contributed by atoms with Crippen molar-refractivity contribution in [1.82, 2.24) is 0 Å². The summed E-state index contributed by atoms with van der Waals surface area (Å²) in [6.07, 6.45) is 0. The van der Waals surface area contributed by atoms with Crippen molar-refractivity contribution in [2.24, 2.45) is 0 Å². The van der Waals surface area contributed by atoms with E-state index in [1.807, 2.05) is 13.8 Å². The van der Waals surface area contributed by atoms with Gasteiger partial charge in [-0.2, -0.15) is 0 Å². The van der Waals surface area contributed by atoms with E-state index in [4.69, 9.17) is 23.7 Å². The number of aromatic hydroxyl groups is 1. The van der Waals surface area contributed by atoms with Crippen molar-refractivity contribution < 1.29 is 28.8 Å². The number of methoxy groups -OCH3 is 2. The van der Waals surface area contributed by atoms with Gasteiger partial charge < -0.3 is 28.8 Å². The van der Waals surface area contributed by atoms with Crippen LogP contribution in [0.2, 0.25) is 0 Å². The molecule has 0 aromatic heterocycles. The van der Waals surface area contributed by atoms with E-state index in [1.54, 1.807) is 24.3 Å². The third kappa shape index (κ3) is 3.76. The fraction of sp³-hybridized carbons (Fsp3) is 0.333. The summed E-state index contributed by atoms with van der Waals surface area (Å²) >= 11 is 0. The lowest BCUT2D eigenvalue weighted by atomic mass is 10.2. The average Bonchev–Trinajstić information content (AvgIpc) is 2.58. The topological polar surface area (TPSA) is 66.4 Å². The number of rotatable bonds is 8. The minimum absolute atomic E-state index is 0.0377. The Balaban J connectivity index is 2.41. The molecule has 0 atom stereocenters. The lowest BCUT2D eigenvalue weighted by Gasteiger charge is -2.16. The van der Waals surface area contributed by atoms with Gasteiger partial charge in [0, 0.05) is 6.07 Å². The summed E-state index contributed by atoms with van der Waals surface area (Å²) < 4.78 is 27.5. The van der Waals surface area contributed by atoms with Crippen LogP contribution in [-0.4, -0.2) is 32.5 Å². The molecule has 2 rings (SSSR count). The molecule has 0 aliphatic carbocycles. The summed E-state index contributed by atoms with van der Waals surface area (Å²) in [4.78, 5) is 0. The quantitative estimate of drug-likeness (QED) is 0.787. The summed E-state index contributed by atoms with van der Waals surface area (Å²) in [5.41, 5.74) is 0. The second kappa shape index (κ2) is 8.19. The van der Waals surface area contributed by atoms with Crippen LogP contribution in [0.4, 0.5) is 0 Å². The van der Waals surface area contributed by atoms with Gasteiger partial charge in [-0.25, -0.2) is 0 Å². The first kappa shape index (κ1) is 17.6. The van der Waals surface area contributed by atoms with Gasteiger partial charge in [-0.1, -0.05) is 0 Å². The Hall–Kier alpha value is -2.76. The molecule has 130 valence electrons. The average molecular weight is 334 g/mol.